The first-order valence-electron chi connectivity index (χ1n) is 6.42. The van der Waals surface area contributed by atoms with Crippen LogP contribution < -0.4 is 0 Å². The molecular formula is C16H15ClN2. The number of hydrogen-bond donors (Lipinski definition) is 0. The van der Waals surface area contributed by atoms with E-state index in [2.05, 4.69) is 52.1 Å². The normalized spacial score (nSPS) is 12.7. The zero-order valence-corrected chi connectivity index (χ0v) is 11.3. The smallest absolute Gasteiger partial charge is 0.0881 e. The molecule has 0 radical (unpaired) electrons. The molecule has 1 atom stereocenters. The van der Waals surface area contributed by atoms with Crippen molar-refractivity contribution in [1.82, 2.24) is 9.55 Å². The average molecular weight is 271 g/mol. The van der Waals surface area contributed by atoms with Crippen molar-refractivity contribution >= 4 is 22.6 Å². The zero-order chi connectivity index (χ0) is 13.1. The molecule has 3 heteroatoms. The van der Waals surface area contributed by atoms with Gasteiger partial charge in [-0.05, 0) is 30.2 Å². The molecule has 0 aliphatic heterocycles. The predicted octanol–water partition coefficient (Wildman–Crippen LogP) is 4.25. The Hall–Kier alpha value is -1.80. The molecule has 0 amide bonds. The largest absolute Gasteiger partial charge is 0.339 e. The summed E-state index contributed by atoms with van der Waals surface area (Å²) in [6, 6.07) is 16.9. The molecule has 0 bridgehead atoms. The van der Waals surface area contributed by atoms with E-state index in [4.69, 9.17) is 11.6 Å². The number of pyridine rings is 1. The summed E-state index contributed by atoms with van der Waals surface area (Å²) in [5.74, 6) is 0.638. The molecule has 2 nitrogen and oxygen atoms in total. The van der Waals surface area contributed by atoms with Crippen LogP contribution in [0.25, 0.3) is 11.0 Å². The van der Waals surface area contributed by atoms with Crippen molar-refractivity contribution in [3.8, 4) is 0 Å². The van der Waals surface area contributed by atoms with Gasteiger partial charge in [-0.15, -0.1) is 11.6 Å². The van der Waals surface area contributed by atoms with Crippen molar-refractivity contribution in [2.75, 3.05) is 5.88 Å². The second kappa shape index (κ2) is 5.45. The van der Waals surface area contributed by atoms with Gasteiger partial charge in [0.2, 0.25) is 0 Å². The fourth-order valence-corrected chi connectivity index (χ4v) is 2.71. The van der Waals surface area contributed by atoms with Gasteiger partial charge in [0.05, 0.1) is 17.1 Å². The molecule has 0 saturated heterocycles. The molecule has 0 aliphatic carbocycles. The maximum absolute atomic E-state index is 5.99. The Bertz CT molecular complexity index is 661. The summed E-state index contributed by atoms with van der Waals surface area (Å²) >= 11 is 5.99. The van der Waals surface area contributed by atoms with Crippen molar-refractivity contribution in [3.63, 3.8) is 0 Å². The third kappa shape index (κ3) is 2.36. The maximum atomic E-state index is 5.99. The first kappa shape index (κ1) is 12.2. The lowest BCUT2D eigenvalue weighted by atomic mass is 10.0. The van der Waals surface area contributed by atoms with E-state index in [1.807, 2.05) is 18.3 Å². The fourth-order valence-electron chi connectivity index (χ4n) is 2.50. The van der Waals surface area contributed by atoms with Gasteiger partial charge >= 0.3 is 0 Å². The lowest BCUT2D eigenvalue weighted by molar-refractivity contribution is 0.588. The molecule has 96 valence electrons. The molecule has 2 aromatic heterocycles. The first-order valence-corrected chi connectivity index (χ1v) is 6.96. The molecule has 3 rings (SSSR count). The van der Waals surface area contributed by atoms with Crippen LogP contribution in [0.15, 0.2) is 60.9 Å². The monoisotopic (exact) mass is 270 g/mol. The third-order valence-corrected chi connectivity index (χ3v) is 3.61. The van der Waals surface area contributed by atoms with Gasteiger partial charge in [0.1, 0.15) is 0 Å². The van der Waals surface area contributed by atoms with Crippen LogP contribution in [0.2, 0.25) is 0 Å². The topological polar surface area (TPSA) is 17.8 Å². The number of nitrogens with zero attached hydrogens (tertiary/aromatic N) is 2. The predicted molar refractivity (Wildman–Crippen MR) is 79.7 cm³/mol. The van der Waals surface area contributed by atoms with Gasteiger partial charge in [-0.2, -0.15) is 0 Å². The van der Waals surface area contributed by atoms with Crippen molar-refractivity contribution in [2.24, 2.45) is 0 Å². The molecule has 1 aromatic carbocycles. The molecule has 3 aromatic rings. The Morgan fingerprint density at radius 2 is 1.89 bits per heavy atom. The van der Waals surface area contributed by atoms with Crippen LogP contribution in [-0.4, -0.2) is 15.4 Å². The minimum atomic E-state index is 0.264. The Labute approximate surface area is 117 Å². The Kier molecular flexibility index (Phi) is 3.51. The van der Waals surface area contributed by atoms with Gasteiger partial charge in [0, 0.05) is 18.3 Å². The molecule has 0 aliphatic rings. The summed E-state index contributed by atoms with van der Waals surface area (Å²) in [5, 5.41) is 0. The summed E-state index contributed by atoms with van der Waals surface area (Å²) in [4.78, 5) is 4.38. The van der Waals surface area contributed by atoms with Gasteiger partial charge < -0.3 is 4.57 Å². The highest BCUT2D eigenvalue weighted by molar-refractivity contribution is 6.17. The van der Waals surface area contributed by atoms with Crippen molar-refractivity contribution < 1.29 is 0 Å². The van der Waals surface area contributed by atoms with E-state index in [-0.39, 0.29) is 6.04 Å². The number of benzene rings is 1. The Balaban J connectivity index is 2.10. The van der Waals surface area contributed by atoms with Crippen molar-refractivity contribution in [3.05, 3.63) is 66.5 Å². The second-order valence-corrected chi connectivity index (χ2v) is 4.91. The van der Waals surface area contributed by atoms with Gasteiger partial charge in [-0.25, -0.2) is 0 Å². The van der Waals surface area contributed by atoms with Crippen molar-refractivity contribution in [1.29, 1.82) is 0 Å². The lowest BCUT2D eigenvalue weighted by Gasteiger charge is -2.19. The third-order valence-electron chi connectivity index (χ3n) is 3.39. The van der Waals surface area contributed by atoms with Crippen LogP contribution in [0.4, 0.5) is 0 Å². The molecule has 1 unspecified atom stereocenters. The highest BCUT2D eigenvalue weighted by Crippen LogP contribution is 2.27. The SMILES string of the molecule is ClCCC(c1ccccc1)n1ccc2ncccc21. The fraction of sp³-hybridized carbons (Fsp3) is 0.188. The average Bonchev–Trinajstić information content (AvgIpc) is 2.89. The van der Waals surface area contributed by atoms with Gasteiger partial charge in [-0.3, -0.25) is 4.98 Å². The molecule has 0 fully saturated rings. The summed E-state index contributed by atoms with van der Waals surface area (Å²) in [6.45, 7) is 0. The second-order valence-electron chi connectivity index (χ2n) is 4.53. The van der Waals surface area contributed by atoms with E-state index in [1.165, 1.54) is 5.56 Å². The van der Waals surface area contributed by atoms with E-state index in [0.29, 0.717) is 5.88 Å². The minimum Gasteiger partial charge on any atom is -0.339 e. The summed E-state index contributed by atoms with van der Waals surface area (Å²) in [6.07, 6.45) is 4.83. The highest BCUT2D eigenvalue weighted by Gasteiger charge is 2.14. The summed E-state index contributed by atoms with van der Waals surface area (Å²) in [7, 11) is 0. The summed E-state index contributed by atoms with van der Waals surface area (Å²) in [5.41, 5.74) is 3.46. The molecule has 0 spiro atoms. The minimum absolute atomic E-state index is 0.264. The number of aromatic nitrogens is 2. The maximum Gasteiger partial charge on any atom is 0.0881 e. The number of hydrogen-bond acceptors (Lipinski definition) is 1. The van der Waals surface area contributed by atoms with Gasteiger partial charge in [0.15, 0.2) is 0 Å². The zero-order valence-electron chi connectivity index (χ0n) is 10.5. The van der Waals surface area contributed by atoms with Crippen LogP contribution in [-0.2, 0) is 0 Å². The van der Waals surface area contributed by atoms with Gasteiger partial charge in [-0.1, -0.05) is 30.3 Å². The summed E-state index contributed by atoms with van der Waals surface area (Å²) < 4.78 is 2.26. The standard InChI is InChI=1S/C16H15ClN2/c17-10-8-15(13-5-2-1-3-6-13)19-12-9-14-16(19)7-4-11-18-14/h1-7,9,11-12,15H,8,10H2. The molecular weight excluding hydrogens is 256 g/mol. The Morgan fingerprint density at radius 3 is 2.68 bits per heavy atom. The van der Waals surface area contributed by atoms with Crippen LogP contribution >= 0.6 is 11.6 Å². The van der Waals surface area contributed by atoms with E-state index < -0.39 is 0 Å². The van der Waals surface area contributed by atoms with Crippen LogP contribution in [0.1, 0.15) is 18.0 Å². The van der Waals surface area contributed by atoms with E-state index >= 15 is 0 Å². The molecule has 19 heavy (non-hydrogen) atoms. The quantitative estimate of drug-likeness (QED) is 0.648. The first-order chi connectivity index (χ1) is 9.40. The van der Waals surface area contributed by atoms with Crippen LogP contribution in [0.5, 0.6) is 0 Å². The van der Waals surface area contributed by atoms with Crippen LogP contribution in [0, 0.1) is 0 Å². The van der Waals surface area contributed by atoms with Crippen molar-refractivity contribution in [2.45, 2.75) is 12.5 Å². The number of rotatable bonds is 4. The molecule has 2 heterocycles. The van der Waals surface area contributed by atoms with E-state index in [9.17, 15) is 0 Å². The number of fused-ring (bicyclic) bond motifs is 1. The number of alkyl halides is 1. The number of halogens is 1. The van der Waals surface area contributed by atoms with Crippen LogP contribution in [0.3, 0.4) is 0 Å². The molecule has 0 saturated carbocycles. The van der Waals surface area contributed by atoms with E-state index in [0.717, 1.165) is 17.5 Å². The Morgan fingerprint density at radius 1 is 1.05 bits per heavy atom. The highest BCUT2D eigenvalue weighted by atomic mass is 35.5. The van der Waals surface area contributed by atoms with E-state index in [1.54, 1.807) is 0 Å². The van der Waals surface area contributed by atoms with Gasteiger partial charge in [0.25, 0.3) is 0 Å². The molecule has 0 N–H and O–H groups in total. The lowest BCUT2D eigenvalue weighted by Crippen LogP contribution is -2.10.